The summed E-state index contributed by atoms with van der Waals surface area (Å²) in [6.45, 7) is 4.46. The maximum absolute atomic E-state index is 11.2. The fraction of sp³-hybridized carbons (Fsp3) is 0.611. The average Bonchev–Trinajstić information content (AvgIpc) is 3.19. The standard InChI is InChI=1S/C18H24N2OS/c1-18(2,17(21)12-6-4-3-5-7-12)16-15-13(8-9-22-15)14-10-19-11-20(14)16/h8-12,16-17,21H,3-7H2,1-2H3/t16-,17-/m0/s1. The van der Waals surface area contributed by atoms with Gasteiger partial charge in [-0.2, -0.15) is 0 Å². The molecule has 0 aromatic carbocycles. The second-order valence-corrected chi connectivity index (χ2v) is 8.40. The summed E-state index contributed by atoms with van der Waals surface area (Å²) in [4.78, 5) is 5.73. The maximum Gasteiger partial charge on any atom is 0.0957 e. The van der Waals surface area contributed by atoms with E-state index in [9.17, 15) is 5.11 Å². The van der Waals surface area contributed by atoms with Crippen molar-refractivity contribution < 1.29 is 5.11 Å². The summed E-state index contributed by atoms with van der Waals surface area (Å²) in [6.07, 6.45) is 9.83. The molecule has 0 spiro atoms. The Morgan fingerprint density at radius 1 is 1.32 bits per heavy atom. The third-order valence-electron chi connectivity index (χ3n) is 5.73. The molecule has 4 heteroatoms. The van der Waals surface area contributed by atoms with E-state index in [-0.39, 0.29) is 17.6 Å². The van der Waals surface area contributed by atoms with Crippen molar-refractivity contribution in [2.45, 2.75) is 58.1 Å². The molecule has 3 heterocycles. The van der Waals surface area contributed by atoms with Crippen LogP contribution in [0.15, 0.2) is 24.0 Å². The van der Waals surface area contributed by atoms with E-state index in [0.29, 0.717) is 5.92 Å². The molecule has 1 aliphatic carbocycles. The number of aromatic nitrogens is 2. The zero-order valence-electron chi connectivity index (χ0n) is 13.3. The summed E-state index contributed by atoms with van der Waals surface area (Å²) < 4.78 is 2.27. The highest BCUT2D eigenvalue weighted by Crippen LogP contribution is 2.53. The van der Waals surface area contributed by atoms with Crippen LogP contribution in [0.3, 0.4) is 0 Å². The summed E-state index contributed by atoms with van der Waals surface area (Å²) in [5.41, 5.74) is 2.31. The molecular formula is C18H24N2OS. The Labute approximate surface area is 136 Å². The second kappa shape index (κ2) is 5.20. The Balaban J connectivity index is 1.71. The number of aliphatic hydroxyl groups is 1. The molecule has 4 rings (SSSR count). The van der Waals surface area contributed by atoms with Crippen molar-refractivity contribution in [3.05, 3.63) is 28.8 Å². The van der Waals surface area contributed by atoms with Crippen LogP contribution in [-0.4, -0.2) is 20.8 Å². The molecule has 1 saturated carbocycles. The number of nitrogens with zero attached hydrogens (tertiary/aromatic N) is 2. The summed E-state index contributed by atoms with van der Waals surface area (Å²) in [5.74, 6) is 0.444. The van der Waals surface area contributed by atoms with E-state index < -0.39 is 0 Å². The zero-order valence-corrected chi connectivity index (χ0v) is 14.1. The Bertz CT molecular complexity index is 626. The first-order valence-electron chi connectivity index (χ1n) is 8.38. The molecule has 118 valence electrons. The molecule has 0 saturated heterocycles. The minimum Gasteiger partial charge on any atom is -0.392 e. The Morgan fingerprint density at radius 3 is 2.86 bits per heavy atom. The highest BCUT2D eigenvalue weighted by atomic mass is 32.1. The third kappa shape index (κ3) is 2.00. The molecule has 2 aliphatic rings. The molecule has 0 bridgehead atoms. The normalized spacial score (nSPS) is 23.3. The fourth-order valence-electron chi connectivity index (χ4n) is 4.51. The lowest BCUT2D eigenvalue weighted by Gasteiger charge is -2.42. The van der Waals surface area contributed by atoms with Gasteiger partial charge in [-0.15, -0.1) is 11.3 Å². The minimum atomic E-state index is -0.263. The van der Waals surface area contributed by atoms with Gasteiger partial charge in [-0.1, -0.05) is 33.1 Å². The van der Waals surface area contributed by atoms with Crippen molar-refractivity contribution in [1.82, 2.24) is 9.55 Å². The monoisotopic (exact) mass is 316 g/mol. The van der Waals surface area contributed by atoms with Gasteiger partial charge in [0, 0.05) is 15.9 Å². The van der Waals surface area contributed by atoms with Gasteiger partial charge in [-0.3, -0.25) is 0 Å². The third-order valence-corrected chi connectivity index (χ3v) is 6.70. The number of fused-ring (bicyclic) bond motifs is 3. The summed E-state index contributed by atoms with van der Waals surface area (Å²) >= 11 is 1.81. The lowest BCUT2D eigenvalue weighted by Crippen LogP contribution is -2.42. The largest absolute Gasteiger partial charge is 0.392 e. The second-order valence-electron chi connectivity index (χ2n) is 7.45. The first kappa shape index (κ1) is 14.5. The summed E-state index contributed by atoms with van der Waals surface area (Å²) in [6, 6.07) is 2.40. The molecule has 2 aromatic heterocycles. The predicted molar refractivity (Wildman–Crippen MR) is 90.0 cm³/mol. The number of hydrogen-bond donors (Lipinski definition) is 1. The van der Waals surface area contributed by atoms with Crippen molar-refractivity contribution in [1.29, 1.82) is 0 Å². The molecule has 0 unspecified atom stereocenters. The number of rotatable bonds is 3. The van der Waals surface area contributed by atoms with Gasteiger partial charge in [-0.05, 0) is 30.2 Å². The quantitative estimate of drug-likeness (QED) is 0.906. The van der Waals surface area contributed by atoms with Crippen molar-refractivity contribution in [2.24, 2.45) is 11.3 Å². The van der Waals surface area contributed by atoms with Crippen LogP contribution in [0.25, 0.3) is 11.3 Å². The SMILES string of the molecule is CC(C)([C@@H]1c2sccc2-c2cncn21)[C@@H](O)C1CCCCC1. The van der Waals surface area contributed by atoms with Gasteiger partial charge in [0.1, 0.15) is 0 Å². The Kier molecular flexibility index (Phi) is 3.42. The van der Waals surface area contributed by atoms with E-state index in [4.69, 9.17) is 0 Å². The molecule has 0 radical (unpaired) electrons. The van der Waals surface area contributed by atoms with Crippen LogP contribution in [0, 0.1) is 11.3 Å². The van der Waals surface area contributed by atoms with Crippen molar-refractivity contribution >= 4 is 11.3 Å². The van der Waals surface area contributed by atoms with E-state index in [2.05, 4.69) is 34.8 Å². The van der Waals surface area contributed by atoms with Gasteiger partial charge in [-0.25, -0.2) is 4.98 Å². The van der Waals surface area contributed by atoms with Crippen molar-refractivity contribution in [3.63, 3.8) is 0 Å². The molecule has 1 fully saturated rings. The van der Waals surface area contributed by atoms with Crippen LogP contribution < -0.4 is 0 Å². The topological polar surface area (TPSA) is 38.0 Å². The van der Waals surface area contributed by atoms with Gasteiger partial charge >= 0.3 is 0 Å². The Morgan fingerprint density at radius 2 is 2.09 bits per heavy atom. The summed E-state index contributed by atoms with van der Waals surface area (Å²) in [5, 5.41) is 13.3. The first-order valence-corrected chi connectivity index (χ1v) is 9.26. The highest BCUT2D eigenvalue weighted by molar-refractivity contribution is 7.10. The molecule has 22 heavy (non-hydrogen) atoms. The van der Waals surface area contributed by atoms with Gasteiger partial charge in [0.15, 0.2) is 0 Å². The molecule has 0 amide bonds. The van der Waals surface area contributed by atoms with Gasteiger partial charge in [0.25, 0.3) is 0 Å². The smallest absolute Gasteiger partial charge is 0.0957 e. The van der Waals surface area contributed by atoms with Crippen LogP contribution in [-0.2, 0) is 0 Å². The molecule has 2 aromatic rings. The number of aliphatic hydroxyl groups excluding tert-OH is 1. The van der Waals surface area contributed by atoms with Crippen LogP contribution in [0.4, 0.5) is 0 Å². The van der Waals surface area contributed by atoms with Crippen LogP contribution in [0.1, 0.15) is 56.9 Å². The number of imidazole rings is 1. The molecule has 1 N–H and O–H groups in total. The predicted octanol–water partition coefficient (Wildman–Crippen LogP) is 4.48. The van der Waals surface area contributed by atoms with Gasteiger partial charge < -0.3 is 9.67 Å². The van der Waals surface area contributed by atoms with E-state index in [1.807, 2.05) is 23.9 Å². The van der Waals surface area contributed by atoms with E-state index in [1.165, 1.54) is 48.2 Å². The van der Waals surface area contributed by atoms with Gasteiger partial charge in [0.2, 0.25) is 0 Å². The lowest BCUT2D eigenvalue weighted by molar-refractivity contribution is -0.0299. The molecular weight excluding hydrogens is 292 g/mol. The molecule has 3 nitrogen and oxygen atoms in total. The lowest BCUT2D eigenvalue weighted by atomic mass is 9.70. The number of hydrogen-bond acceptors (Lipinski definition) is 3. The highest BCUT2D eigenvalue weighted by Gasteiger charge is 2.46. The minimum absolute atomic E-state index is 0.187. The van der Waals surface area contributed by atoms with E-state index in [0.717, 1.165) is 0 Å². The summed E-state index contributed by atoms with van der Waals surface area (Å²) in [7, 11) is 0. The van der Waals surface area contributed by atoms with Gasteiger partial charge in [0.05, 0.1) is 30.4 Å². The fourth-order valence-corrected chi connectivity index (χ4v) is 5.70. The Hall–Kier alpha value is -1.13. The van der Waals surface area contributed by atoms with Crippen LogP contribution in [0.2, 0.25) is 0 Å². The maximum atomic E-state index is 11.2. The van der Waals surface area contributed by atoms with E-state index >= 15 is 0 Å². The van der Waals surface area contributed by atoms with Crippen LogP contribution in [0.5, 0.6) is 0 Å². The van der Waals surface area contributed by atoms with Crippen molar-refractivity contribution in [2.75, 3.05) is 0 Å². The first-order chi connectivity index (χ1) is 10.6. The molecule has 2 atom stereocenters. The zero-order chi connectivity index (χ0) is 15.3. The molecule has 1 aliphatic heterocycles. The average molecular weight is 316 g/mol. The number of thiophene rings is 1. The van der Waals surface area contributed by atoms with E-state index in [1.54, 1.807) is 0 Å². The van der Waals surface area contributed by atoms with Crippen molar-refractivity contribution in [3.8, 4) is 11.3 Å². The van der Waals surface area contributed by atoms with Crippen LogP contribution >= 0.6 is 11.3 Å².